The minimum atomic E-state index is -0.171. The molecule has 0 fully saturated rings. The third-order valence-corrected chi connectivity index (χ3v) is 6.06. The van der Waals surface area contributed by atoms with Gasteiger partial charge in [0.25, 0.3) is 5.91 Å². The Morgan fingerprint density at radius 3 is 2.60 bits per heavy atom. The SMILES string of the molecule is Cc1cc(C)c2nc(-n3nc(C)cc3NC(=O)c3ccc4ccccc4c3)sc2c1. The summed E-state index contributed by atoms with van der Waals surface area (Å²) in [5, 5.41) is 10.5. The average Bonchev–Trinajstić information content (AvgIpc) is 3.30. The van der Waals surface area contributed by atoms with Crippen LogP contribution in [-0.4, -0.2) is 20.7 Å². The lowest BCUT2D eigenvalue weighted by molar-refractivity contribution is 0.102. The van der Waals surface area contributed by atoms with Crippen LogP contribution in [-0.2, 0) is 0 Å². The molecule has 3 aromatic carbocycles. The van der Waals surface area contributed by atoms with E-state index in [1.54, 1.807) is 16.0 Å². The Morgan fingerprint density at radius 1 is 0.967 bits per heavy atom. The molecule has 0 bridgehead atoms. The molecule has 1 N–H and O–H groups in total. The van der Waals surface area contributed by atoms with Crippen LogP contribution in [0.4, 0.5) is 5.82 Å². The van der Waals surface area contributed by atoms with Crippen molar-refractivity contribution in [3.63, 3.8) is 0 Å². The Balaban J connectivity index is 1.51. The topological polar surface area (TPSA) is 59.8 Å². The molecule has 148 valence electrons. The molecule has 0 saturated carbocycles. The monoisotopic (exact) mass is 412 g/mol. The molecule has 1 amide bonds. The van der Waals surface area contributed by atoms with Gasteiger partial charge in [-0.3, -0.25) is 4.79 Å². The van der Waals surface area contributed by atoms with Crippen molar-refractivity contribution in [3.05, 3.63) is 83.0 Å². The molecule has 0 saturated heterocycles. The van der Waals surface area contributed by atoms with Crippen molar-refractivity contribution in [2.75, 3.05) is 5.32 Å². The number of nitrogens with zero attached hydrogens (tertiary/aromatic N) is 3. The summed E-state index contributed by atoms with van der Waals surface area (Å²) in [7, 11) is 0. The van der Waals surface area contributed by atoms with Crippen molar-refractivity contribution in [3.8, 4) is 5.13 Å². The van der Waals surface area contributed by atoms with E-state index in [1.807, 2.05) is 55.5 Å². The average molecular weight is 413 g/mol. The van der Waals surface area contributed by atoms with Gasteiger partial charge in [0.15, 0.2) is 0 Å². The Bertz CT molecular complexity index is 1430. The summed E-state index contributed by atoms with van der Waals surface area (Å²) in [6.07, 6.45) is 0. The Hall–Kier alpha value is -3.51. The van der Waals surface area contributed by atoms with Gasteiger partial charge in [0.1, 0.15) is 5.82 Å². The van der Waals surface area contributed by atoms with Gasteiger partial charge in [0, 0.05) is 11.6 Å². The highest BCUT2D eigenvalue weighted by atomic mass is 32.1. The highest BCUT2D eigenvalue weighted by molar-refractivity contribution is 7.20. The van der Waals surface area contributed by atoms with Crippen LogP contribution < -0.4 is 5.32 Å². The molecule has 0 aliphatic carbocycles. The zero-order valence-electron chi connectivity index (χ0n) is 16.9. The Morgan fingerprint density at radius 2 is 1.77 bits per heavy atom. The van der Waals surface area contributed by atoms with Crippen LogP contribution in [0.1, 0.15) is 27.2 Å². The van der Waals surface area contributed by atoms with E-state index in [-0.39, 0.29) is 5.91 Å². The number of thiazole rings is 1. The van der Waals surface area contributed by atoms with Crippen molar-refractivity contribution in [2.45, 2.75) is 20.8 Å². The third-order valence-electron chi connectivity index (χ3n) is 5.08. The maximum atomic E-state index is 13.0. The zero-order chi connectivity index (χ0) is 20.8. The predicted octanol–water partition coefficient (Wildman–Crippen LogP) is 5.81. The normalized spacial score (nSPS) is 11.3. The van der Waals surface area contributed by atoms with E-state index in [4.69, 9.17) is 4.98 Å². The van der Waals surface area contributed by atoms with Crippen LogP contribution >= 0.6 is 11.3 Å². The molecule has 0 atom stereocenters. The van der Waals surface area contributed by atoms with Crippen LogP contribution in [0.5, 0.6) is 0 Å². The fourth-order valence-electron chi connectivity index (χ4n) is 3.70. The minimum Gasteiger partial charge on any atom is -0.306 e. The van der Waals surface area contributed by atoms with E-state index in [0.29, 0.717) is 11.4 Å². The number of nitrogens with one attached hydrogen (secondary N) is 1. The van der Waals surface area contributed by atoms with Gasteiger partial charge < -0.3 is 5.32 Å². The number of amides is 1. The van der Waals surface area contributed by atoms with Crippen LogP contribution in [0, 0.1) is 20.8 Å². The van der Waals surface area contributed by atoms with Crippen LogP contribution in [0.15, 0.2) is 60.7 Å². The molecular weight excluding hydrogens is 392 g/mol. The molecule has 5 nitrogen and oxygen atoms in total. The first-order valence-electron chi connectivity index (χ1n) is 9.73. The first kappa shape index (κ1) is 18.5. The number of aryl methyl sites for hydroxylation is 3. The maximum Gasteiger partial charge on any atom is 0.256 e. The summed E-state index contributed by atoms with van der Waals surface area (Å²) in [5.74, 6) is 0.439. The zero-order valence-corrected chi connectivity index (χ0v) is 17.7. The van der Waals surface area contributed by atoms with Gasteiger partial charge >= 0.3 is 0 Å². The van der Waals surface area contributed by atoms with Crippen LogP contribution in [0.2, 0.25) is 0 Å². The van der Waals surface area contributed by atoms with Gasteiger partial charge in [-0.15, -0.1) is 0 Å². The van der Waals surface area contributed by atoms with Crippen molar-refractivity contribution in [2.24, 2.45) is 0 Å². The van der Waals surface area contributed by atoms with E-state index in [9.17, 15) is 4.79 Å². The fourth-order valence-corrected chi connectivity index (χ4v) is 4.81. The first-order valence-corrected chi connectivity index (χ1v) is 10.5. The third kappa shape index (κ3) is 3.25. The van der Waals surface area contributed by atoms with E-state index in [1.165, 1.54) is 5.56 Å². The molecule has 2 aromatic heterocycles. The predicted molar refractivity (Wildman–Crippen MR) is 123 cm³/mol. The molecule has 5 rings (SSSR count). The Labute approximate surface area is 178 Å². The Kier molecular flexibility index (Phi) is 4.37. The molecule has 0 unspecified atom stereocenters. The first-order chi connectivity index (χ1) is 14.5. The quantitative estimate of drug-likeness (QED) is 0.407. The summed E-state index contributed by atoms with van der Waals surface area (Å²) < 4.78 is 2.83. The molecule has 5 aromatic rings. The van der Waals surface area contributed by atoms with Gasteiger partial charge in [-0.1, -0.05) is 47.7 Å². The van der Waals surface area contributed by atoms with Gasteiger partial charge in [-0.05, 0) is 60.9 Å². The number of aromatic nitrogens is 3. The van der Waals surface area contributed by atoms with Gasteiger partial charge in [0.05, 0.1) is 15.9 Å². The van der Waals surface area contributed by atoms with E-state index >= 15 is 0 Å². The smallest absolute Gasteiger partial charge is 0.256 e. The van der Waals surface area contributed by atoms with Gasteiger partial charge in [-0.25, -0.2) is 4.98 Å². The number of rotatable bonds is 3. The molecule has 30 heavy (non-hydrogen) atoms. The second-order valence-corrected chi connectivity index (χ2v) is 8.53. The van der Waals surface area contributed by atoms with Crippen LogP contribution in [0.25, 0.3) is 26.1 Å². The number of carbonyl (C=O) groups excluding carboxylic acids is 1. The lowest BCUT2D eigenvalue weighted by Gasteiger charge is -2.07. The van der Waals surface area contributed by atoms with Crippen molar-refractivity contribution >= 4 is 44.1 Å². The molecule has 6 heteroatoms. The second kappa shape index (κ2) is 7.07. The number of anilines is 1. The molecule has 0 aliphatic heterocycles. The van der Waals surface area contributed by atoms with Crippen LogP contribution in [0.3, 0.4) is 0 Å². The maximum absolute atomic E-state index is 13.0. The largest absolute Gasteiger partial charge is 0.306 e. The highest BCUT2D eigenvalue weighted by Crippen LogP contribution is 2.30. The van der Waals surface area contributed by atoms with Gasteiger partial charge in [0.2, 0.25) is 5.13 Å². The number of benzene rings is 3. The number of hydrogen-bond donors (Lipinski definition) is 1. The summed E-state index contributed by atoms with van der Waals surface area (Å²) >= 11 is 1.57. The number of hydrogen-bond acceptors (Lipinski definition) is 4. The number of carbonyl (C=O) groups is 1. The molecule has 2 heterocycles. The lowest BCUT2D eigenvalue weighted by atomic mass is 10.1. The summed E-state index contributed by atoms with van der Waals surface area (Å²) in [5.41, 5.74) is 4.74. The summed E-state index contributed by atoms with van der Waals surface area (Å²) in [4.78, 5) is 17.7. The summed E-state index contributed by atoms with van der Waals surface area (Å²) in [6.45, 7) is 6.06. The van der Waals surface area contributed by atoms with Crippen molar-refractivity contribution < 1.29 is 4.79 Å². The highest BCUT2D eigenvalue weighted by Gasteiger charge is 2.16. The van der Waals surface area contributed by atoms with E-state index in [0.717, 1.165) is 37.4 Å². The molecule has 0 aliphatic rings. The minimum absolute atomic E-state index is 0.171. The fraction of sp³-hybridized carbons (Fsp3) is 0.125. The number of fused-ring (bicyclic) bond motifs is 2. The molecule has 0 radical (unpaired) electrons. The second-order valence-electron chi connectivity index (χ2n) is 7.52. The van der Waals surface area contributed by atoms with Gasteiger partial charge in [-0.2, -0.15) is 9.78 Å². The van der Waals surface area contributed by atoms with E-state index in [2.05, 4.69) is 36.4 Å². The molecule has 0 spiro atoms. The van der Waals surface area contributed by atoms with Crippen molar-refractivity contribution in [1.82, 2.24) is 14.8 Å². The standard InChI is InChI=1S/C24H20N4OS/c1-14-10-15(2)22-20(11-14)30-24(26-22)28-21(12-16(3)27-28)25-23(29)19-9-8-17-6-4-5-7-18(17)13-19/h4-13H,1-3H3,(H,25,29). The summed E-state index contributed by atoms with van der Waals surface area (Å²) in [6, 6.07) is 19.8. The van der Waals surface area contributed by atoms with E-state index < -0.39 is 0 Å². The van der Waals surface area contributed by atoms with Crippen molar-refractivity contribution in [1.29, 1.82) is 0 Å². The molecular formula is C24H20N4OS. The lowest BCUT2D eigenvalue weighted by Crippen LogP contribution is -2.15.